The van der Waals surface area contributed by atoms with E-state index < -0.39 is 0 Å². The molecule has 2 aromatic heterocycles. The normalized spacial score (nSPS) is 13.9. The highest BCUT2D eigenvalue weighted by molar-refractivity contribution is 7.20. The number of aromatic amines is 1. The molecule has 4 aromatic rings. The molecule has 11 heteroatoms. The van der Waals surface area contributed by atoms with Gasteiger partial charge in [-0.05, 0) is 42.5 Å². The first-order chi connectivity index (χ1) is 18.1. The van der Waals surface area contributed by atoms with Crippen LogP contribution in [0.1, 0.15) is 20.0 Å². The Labute approximate surface area is 218 Å². The molecule has 1 aliphatic rings. The van der Waals surface area contributed by atoms with E-state index in [2.05, 4.69) is 25.8 Å². The number of rotatable bonds is 9. The number of thiophene rings is 1. The van der Waals surface area contributed by atoms with Gasteiger partial charge in [-0.1, -0.05) is 18.2 Å². The van der Waals surface area contributed by atoms with Crippen molar-refractivity contribution in [2.45, 2.75) is 0 Å². The van der Waals surface area contributed by atoms with Gasteiger partial charge in [0.2, 0.25) is 0 Å². The van der Waals surface area contributed by atoms with E-state index >= 15 is 0 Å². The van der Waals surface area contributed by atoms with Crippen LogP contribution in [0.2, 0.25) is 0 Å². The molecule has 10 nitrogen and oxygen atoms in total. The Balaban J connectivity index is 1.17. The molecule has 2 amide bonds. The zero-order chi connectivity index (χ0) is 25.6. The van der Waals surface area contributed by atoms with Crippen molar-refractivity contribution in [3.63, 3.8) is 0 Å². The minimum Gasteiger partial charge on any atom is -0.492 e. The third kappa shape index (κ3) is 6.08. The molecule has 2 aromatic carbocycles. The third-order valence-corrected chi connectivity index (χ3v) is 7.06. The van der Waals surface area contributed by atoms with E-state index in [0.29, 0.717) is 38.8 Å². The summed E-state index contributed by atoms with van der Waals surface area (Å²) >= 11 is 1.27. The van der Waals surface area contributed by atoms with Crippen LogP contribution in [-0.4, -0.2) is 73.4 Å². The van der Waals surface area contributed by atoms with Crippen LogP contribution in [0.5, 0.6) is 5.75 Å². The number of hydrogen-bond acceptors (Lipinski definition) is 8. The average molecular weight is 521 g/mol. The summed E-state index contributed by atoms with van der Waals surface area (Å²) in [5.41, 5.74) is 4.19. The highest BCUT2D eigenvalue weighted by Crippen LogP contribution is 2.29. The van der Waals surface area contributed by atoms with E-state index in [4.69, 9.17) is 9.47 Å². The summed E-state index contributed by atoms with van der Waals surface area (Å²) in [6, 6.07) is 18.3. The van der Waals surface area contributed by atoms with Crippen molar-refractivity contribution in [1.29, 1.82) is 0 Å². The lowest BCUT2D eigenvalue weighted by Gasteiger charge is -2.26. The Hall–Kier alpha value is -3.93. The lowest BCUT2D eigenvalue weighted by atomic mass is 10.2. The monoisotopic (exact) mass is 520 g/mol. The highest BCUT2D eigenvalue weighted by Gasteiger charge is 2.18. The molecule has 0 radical (unpaired) electrons. The summed E-state index contributed by atoms with van der Waals surface area (Å²) in [6.45, 7) is 4.78. The van der Waals surface area contributed by atoms with Crippen molar-refractivity contribution in [3.8, 4) is 5.75 Å². The van der Waals surface area contributed by atoms with Crippen molar-refractivity contribution >= 4 is 44.9 Å². The number of benzene rings is 2. The molecule has 0 unspecified atom stereocenters. The molecule has 1 aliphatic heterocycles. The van der Waals surface area contributed by atoms with E-state index in [0.717, 1.165) is 38.5 Å². The van der Waals surface area contributed by atoms with Crippen LogP contribution in [-0.2, 0) is 4.74 Å². The molecule has 5 rings (SSSR count). The fourth-order valence-corrected chi connectivity index (χ4v) is 4.84. The van der Waals surface area contributed by atoms with Crippen LogP contribution in [0.25, 0.3) is 10.2 Å². The molecule has 192 valence electrons. The molecule has 0 aliphatic carbocycles. The zero-order valence-corrected chi connectivity index (χ0v) is 21.2. The molecule has 0 spiro atoms. The fourth-order valence-electron chi connectivity index (χ4n) is 3.95. The van der Waals surface area contributed by atoms with Gasteiger partial charge in [0.05, 0.1) is 29.2 Å². The third-order valence-electron chi connectivity index (χ3n) is 6.02. The predicted octanol–water partition coefficient (Wildman–Crippen LogP) is 3.37. The number of para-hydroxylation sites is 1. The number of anilines is 2. The van der Waals surface area contributed by atoms with Crippen LogP contribution in [0, 0.1) is 0 Å². The second kappa shape index (κ2) is 11.4. The van der Waals surface area contributed by atoms with Crippen molar-refractivity contribution < 1.29 is 19.1 Å². The van der Waals surface area contributed by atoms with Gasteiger partial charge in [-0.15, -0.1) is 11.3 Å². The first-order valence-corrected chi connectivity index (χ1v) is 12.8. The number of nitrogens with one attached hydrogen (secondary N) is 3. The van der Waals surface area contributed by atoms with E-state index in [1.54, 1.807) is 42.4 Å². The Morgan fingerprint density at radius 1 is 1.11 bits per heavy atom. The quantitative estimate of drug-likeness (QED) is 0.290. The Kier molecular flexibility index (Phi) is 7.64. The standard InChI is InChI=1S/C26H28N6O4S/c1-31(19-5-3-2-4-6-19)30-25(34)22-17-21-23(28-29-26(21)37-22)27-24(33)18-7-9-20(10-8-18)36-16-13-32-11-14-35-15-12-32/h2-10,17H,11-16H2,1H3,(H,30,34)(H2,27,28,29,33). The number of morpholine rings is 1. The number of H-pyrrole nitrogens is 1. The number of carbonyl (C=O) groups is 2. The minimum absolute atomic E-state index is 0.248. The molecular formula is C26H28N6O4S. The number of fused-ring (bicyclic) bond motifs is 1. The molecule has 0 atom stereocenters. The van der Waals surface area contributed by atoms with Crippen LogP contribution >= 0.6 is 11.3 Å². The van der Waals surface area contributed by atoms with Crippen molar-refractivity contribution in [3.05, 3.63) is 71.1 Å². The second-order valence-corrected chi connectivity index (χ2v) is 9.59. The van der Waals surface area contributed by atoms with Crippen LogP contribution in [0.4, 0.5) is 11.5 Å². The first-order valence-electron chi connectivity index (χ1n) is 12.0. The maximum atomic E-state index is 12.8. The van der Waals surface area contributed by atoms with E-state index in [1.807, 2.05) is 30.3 Å². The number of ether oxygens (including phenoxy) is 2. The Bertz CT molecular complexity index is 1350. The molecule has 3 heterocycles. The lowest BCUT2D eigenvalue weighted by molar-refractivity contribution is 0.0322. The van der Waals surface area contributed by atoms with Crippen molar-refractivity contribution in [1.82, 2.24) is 20.5 Å². The van der Waals surface area contributed by atoms with Gasteiger partial charge in [-0.2, -0.15) is 5.10 Å². The largest absolute Gasteiger partial charge is 0.492 e. The molecular weight excluding hydrogens is 492 g/mol. The van der Waals surface area contributed by atoms with E-state index in [-0.39, 0.29) is 11.8 Å². The number of hydrazine groups is 1. The van der Waals surface area contributed by atoms with E-state index in [1.165, 1.54) is 11.3 Å². The van der Waals surface area contributed by atoms with Crippen LogP contribution in [0.3, 0.4) is 0 Å². The SMILES string of the molecule is CN(NC(=O)c1cc2c(NC(=O)c3ccc(OCCN4CCOCC4)cc3)n[nH]c2s1)c1ccccc1. The molecule has 37 heavy (non-hydrogen) atoms. The molecule has 0 bridgehead atoms. The number of amides is 2. The summed E-state index contributed by atoms with van der Waals surface area (Å²) in [7, 11) is 1.78. The summed E-state index contributed by atoms with van der Waals surface area (Å²) in [5, 5.41) is 12.3. The molecule has 1 fully saturated rings. The number of carbonyl (C=O) groups excluding carboxylic acids is 2. The summed E-state index contributed by atoms with van der Waals surface area (Å²) in [4.78, 5) is 29.1. The summed E-state index contributed by atoms with van der Waals surface area (Å²) < 4.78 is 11.2. The topological polar surface area (TPSA) is 112 Å². The lowest BCUT2D eigenvalue weighted by Crippen LogP contribution is -2.38. The molecule has 0 saturated carbocycles. The predicted molar refractivity (Wildman–Crippen MR) is 143 cm³/mol. The van der Waals surface area contributed by atoms with Gasteiger partial charge in [-0.25, -0.2) is 0 Å². The van der Waals surface area contributed by atoms with Crippen LogP contribution in [0.15, 0.2) is 60.7 Å². The number of nitrogens with zero attached hydrogens (tertiary/aromatic N) is 3. The van der Waals surface area contributed by atoms with E-state index in [9.17, 15) is 9.59 Å². The Morgan fingerprint density at radius 2 is 1.86 bits per heavy atom. The van der Waals surface area contributed by atoms with Crippen molar-refractivity contribution in [2.24, 2.45) is 0 Å². The minimum atomic E-state index is -0.297. The van der Waals surface area contributed by atoms with Gasteiger partial charge in [0.1, 0.15) is 17.2 Å². The fraction of sp³-hybridized carbons (Fsp3) is 0.269. The Morgan fingerprint density at radius 3 is 2.62 bits per heavy atom. The van der Waals surface area contributed by atoms with Gasteiger partial charge in [0, 0.05) is 32.2 Å². The maximum absolute atomic E-state index is 12.8. The highest BCUT2D eigenvalue weighted by atomic mass is 32.1. The van der Waals surface area contributed by atoms with Gasteiger partial charge in [0.25, 0.3) is 11.8 Å². The summed E-state index contributed by atoms with van der Waals surface area (Å²) in [5.74, 6) is 0.537. The number of hydrogen-bond donors (Lipinski definition) is 3. The maximum Gasteiger partial charge on any atom is 0.279 e. The van der Waals surface area contributed by atoms with Gasteiger partial charge >= 0.3 is 0 Å². The zero-order valence-electron chi connectivity index (χ0n) is 20.4. The van der Waals surface area contributed by atoms with Gasteiger partial charge < -0.3 is 14.8 Å². The van der Waals surface area contributed by atoms with Gasteiger partial charge in [-0.3, -0.25) is 30.0 Å². The van der Waals surface area contributed by atoms with Gasteiger partial charge in [0.15, 0.2) is 5.82 Å². The summed E-state index contributed by atoms with van der Waals surface area (Å²) in [6.07, 6.45) is 0. The smallest absolute Gasteiger partial charge is 0.279 e. The molecule has 1 saturated heterocycles. The first kappa shape index (κ1) is 24.8. The average Bonchev–Trinajstić information content (AvgIpc) is 3.52. The molecule has 3 N–H and O–H groups in total. The van der Waals surface area contributed by atoms with Crippen molar-refractivity contribution in [2.75, 3.05) is 56.8 Å². The van der Waals surface area contributed by atoms with Crippen LogP contribution < -0.4 is 20.5 Å². The number of aromatic nitrogens is 2. The second-order valence-electron chi connectivity index (χ2n) is 8.54.